The van der Waals surface area contributed by atoms with Gasteiger partial charge < -0.3 is 14.2 Å². The van der Waals surface area contributed by atoms with Gasteiger partial charge in [-0.25, -0.2) is 0 Å². The molecule has 0 saturated carbocycles. The van der Waals surface area contributed by atoms with E-state index in [1.165, 1.54) is 167 Å². The van der Waals surface area contributed by atoms with Gasteiger partial charge in [0.15, 0.2) is 6.10 Å². The summed E-state index contributed by atoms with van der Waals surface area (Å²) < 4.78 is 16.8. The van der Waals surface area contributed by atoms with Crippen molar-refractivity contribution in [3.8, 4) is 0 Å². The fourth-order valence-electron chi connectivity index (χ4n) is 9.45. The molecule has 0 bridgehead atoms. The second kappa shape index (κ2) is 67.6. The summed E-state index contributed by atoms with van der Waals surface area (Å²) >= 11 is 0. The van der Waals surface area contributed by atoms with Crippen molar-refractivity contribution in [3.05, 3.63) is 109 Å². The maximum absolute atomic E-state index is 12.8. The minimum absolute atomic E-state index is 0.0900. The molecule has 0 amide bonds. The van der Waals surface area contributed by atoms with Gasteiger partial charge in [-0.05, 0) is 109 Å². The summed E-state index contributed by atoms with van der Waals surface area (Å²) in [5.74, 6) is -0.925. The molecule has 0 aromatic rings. The molecule has 458 valence electrons. The van der Waals surface area contributed by atoms with Gasteiger partial charge in [0.1, 0.15) is 13.2 Å². The van der Waals surface area contributed by atoms with E-state index in [2.05, 4.69) is 130 Å². The highest BCUT2D eigenvalue weighted by Crippen LogP contribution is 2.17. The number of carbonyl (C=O) groups is 3. The van der Waals surface area contributed by atoms with E-state index < -0.39 is 6.10 Å². The van der Waals surface area contributed by atoms with Crippen molar-refractivity contribution in [2.24, 2.45) is 0 Å². The molecule has 6 nitrogen and oxygen atoms in total. The highest BCUT2D eigenvalue weighted by molar-refractivity contribution is 5.71. The highest BCUT2D eigenvalue weighted by atomic mass is 16.6. The van der Waals surface area contributed by atoms with Crippen LogP contribution in [-0.4, -0.2) is 37.2 Å². The normalized spacial score (nSPS) is 12.8. The molecule has 0 fully saturated rings. The molecule has 80 heavy (non-hydrogen) atoms. The van der Waals surface area contributed by atoms with Crippen LogP contribution in [0.25, 0.3) is 0 Å². The van der Waals surface area contributed by atoms with E-state index in [0.29, 0.717) is 12.8 Å². The Morgan fingerprint density at radius 2 is 0.487 bits per heavy atom. The van der Waals surface area contributed by atoms with Crippen LogP contribution in [0.1, 0.15) is 323 Å². The number of esters is 3. The molecule has 0 radical (unpaired) electrons. The van der Waals surface area contributed by atoms with Gasteiger partial charge in [-0.2, -0.15) is 0 Å². The molecule has 0 aliphatic carbocycles. The smallest absolute Gasteiger partial charge is 0.306 e. The molecule has 6 heteroatoms. The monoisotopic (exact) mass is 1110 g/mol. The molecule has 1 unspecified atom stereocenters. The first kappa shape index (κ1) is 76.1. The SMILES string of the molecule is CC/C=C\C/C=C\C/C=C\C/C=C\C/C=C\C/C=C\C/C=C\CCCCCC(=O)OC(COC(=O)CCCCCCCC)COC(=O)CCCCCCCCCCCCCCCCCCCCC/C=C\C/C=C\CCCCCCC. The summed E-state index contributed by atoms with van der Waals surface area (Å²) in [4.78, 5) is 38.1. The van der Waals surface area contributed by atoms with E-state index in [0.717, 1.165) is 116 Å². The lowest BCUT2D eigenvalue weighted by Crippen LogP contribution is -2.30. The van der Waals surface area contributed by atoms with Crippen LogP contribution in [0.4, 0.5) is 0 Å². The maximum atomic E-state index is 12.8. The molecule has 0 saturated heterocycles. The Hall–Kier alpha value is -3.93. The van der Waals surface area contributed by atoms with Gasteiger partial charge in [-0.1, -0.05) is 304 Å². The van der Waals surface area contributed by atoms with Crippen LogP contribution in [0.15, 0.2) is 109 Å². The molecular formula is C74H126O6. The summed E-state index contributed by atoms with van der Waals surface area (Å²) in [5.41, 5.74) is 0. The Morgan fingerprint density at radius 1 is 0.263 bits per heavy atom. The fraction of sp³-hybridized carbons (Fsp3) is 0.716. The van der Waals surface area contributed by atoms with Crippen LogP contribution in [0.5, 0.6) is 0 Å². The van der Waals surface area contributed by atoms with E-state index >= 15 is 0 Å². The highest BCUT2D eigenvalue weighted by Gasteiger charge is 2.19. The van der Waals surface area contributed by atoms with E-state index in [1.807, 2.05) is 0 Å². The van der Waals surface area contributed by atoms with Crippen LogP contribution in [0, 0.1) is 0 Å². The van der Waals surface area contributed by atoms with Crippen LogP contribution in [0.2, 0.25) is 0 Å². The first-order chi connectivity index (χ1) is 39.5. The first-order valence-electron chi connectivity index (χ1n) is 33.9. The molecule has 1 atom stereocenters. The van der Waals surface area contributed by atoms with Crippen molar-refractivity contribution in [1.29, 1.82) is 0 Å². The van der Waals surface area contributed by atoms with E-state index in [-0.39, 0.29) is 37.5 Å². The Labute approximate surface area is 495 Å². The molecule has 0 aliphatic heterocycles. The van der Waals surface area contributed by atoms with E-state index in [1.54, 1.807) is 0 Å². The van der Waals surface area contributed by atoms with Crippen LogP contribution >= 0.6 is 0 Å². The number of carbonyl (C=O) groups excluding carboxylic acids is 3. The van der Waals surface area contributed by atoms with Crippen molar-refractivity contribution in [2.45, 2.75) is 329 Å². The van der Waals surface area contributed by atoms with Gasteiger partial charge in [0.05, 0.1) is 0 Å². The minimum atomic E-state index is -0.794. The van der Waals surface area contributed by atoms with Gasteiger partial charge in [0.2, 0.25) is 0 Å². The molecule has 0 aromatic carbocycles. The number of unbranched alkanes of at least 4 members (excludes halogenated alkanes) is 32. The zero-order valence-electron chi connectivity index (χ0n) is 52.6. The third-order valence-electron chi connectivity index (χ3n) is 14.5. The Morgan fingerprint density at radius 3 is 0.775 bits per heavy atom. The Kier molecular flexibility index (Phi) is 64.3. The topological polar surface area (TPSA) is 78.9 Å². The van der Waals surface area contributed by atoms with E-state index in [9.17, 15) is 14.4 Å². The van der Waals surface area contributed by atoms with Crippen LogP contribution < -0.4 is 0 Å². The summed E-state index contributed by atoms with van der Waals surface area (Å²) in [6, 6.07) is 0. The fourth-order valence-corrected chi connectivity index (χ4v) is 9.45. The second-order valence-electron chi connectivity index (χ2n) is 22.4. The third kappa shape index (κ3) is 64.9. The van der Waals surface area contributed by atoms with Crippen LogP contribution in [-0.2, 0) is 28.6 Å². The second-order valence-corrected chi connectivity index (χ2v) is 22.4. The van der Waals surface area contributed by atoms with Crippen LogP contribution in [0.3, 0.4) is 0 Å². The summed E-state index contributed by atoms with van der Waals surface area (Å²) in [7, 11) is 0. The lowest BCUT2D eigenvalue weighted by atomic mass is 10.0. The van der Waals surface area contributed by atoms with Crippen molar-refractivity contribution in [3.63, 3.8) is 0 Å². The Bertz CT molecular complexity index is 1610. The minimum Gasteiger partial charge on any atom is -0.462 e. The quantitative estimate of drug-likeness (QED) is 0.0261. The average Bonchev–Trinajstić information content (AvgIpc) is 3.46. The Balaban J connectivity index is 4.09. The van der Waals surface area contributed by atoms with Gasteiger partial charge in [-0.3, -0.25) is 14.4 Å². The predicted octanol–water partition coefficient (Wildman–Crippen LogP) is 23.4. The lowest BCUT2D eigenvalue weighted by Gasteiger charge is -2.18. The zero-order chi connectivity index (χ0) is 57.8. The summed E-state index contributed by atoms with van der Waals surface area (Å²) in [6.07, 6.45) is 93.0. The van der Waals surface area contributed by atoms with Gasteiger partial charge in [-0.15, -0.1) is 0 Å². The van der Waals surface area contributed by atoms with E-state index in [4.69, 9.17) is 14.2 Å². The van der Waals surface area contributed by atoms with Crippen molar-refractivity contribution >= 4 is 17.9 Å². The molecule has 0 heterocycles. The molecule has 0 aromatic heterocycles. The maximum Gasteiger partial charge on any atom is 0.306 e. The number of rotatable bonds is 61. The molecule has 0 aliphatic rings. The average molecular weight is 1110 g/mol. The van der Waals surface area contributed by atoms with Crippen molar-refractivity contribution in [2.75, 3.05) is 13.2 Å². The largest absolute Gasteiger partial charge is 0.462 e. The van der Waals surface area contributed by atoms with Crippen molar-refractivity contribution < 1.29 is 28.6 Å². The standard InChI is InChI=1S/C74H126O6/c1-4-7-10-13-16-18-20-22-24-26-28-30-32-34-35-36-37-38-39-41-42-44-46-48-50-52-54-56-58-61-64-67-73(76)79-70-71(69-78-72(75)66-63-60-15-12-9-6-3)80-74(77)68-65-62-59-57-55-53-51-49-47-45-43-40-33-31-29-27-25-23-21-19-17-14-11-8-5-2/h8,11,17,19-20,22-23,25-26,28-29,31,40,43,47,49,53,55,71H,4-7,9-10,12-16,18,21,24,27,30,32-39,41-42,44-46,48,50-52,54,56-70H2,1-3H3/b11-8-,19-17-,22-20-,25-23-,28-26-,31-29-,43-40-,49-47-,55-53-. The van der Waals surface area contributed by atoms with Gasteiger partial charge in [0.25, 0.3) is 0 Å². The number of allylic oxidation sites excluding steroid dienone is 18. The number of ether oxygens (including phenoxy) is 3. The lowest BCUT2D eigenvalue weighted by molar-refractivity contribution is -0.167. The van der Waals surface area contributed by atoms with Gasteiger partial charge >= 0.3 is 17.9 Å². The van der Waals surface area contributed by atoms with Crippen molar-refractivity contribution in [1.82, 2.24) is 0 Å². The molecule has 0 N–H and O–H groups in total. The zero-order valence-corrected chi connectivity index (χ0v) is 52.6. The molecular weight excluding hydrogens is 985 g/mol. The number of hydrogen-bond acceptors (Lipinski definition) is 6. The summed E-state index contributed by atoms with van der Waals surface area (Å²) in [6.45, 7) is 6.45. The first-order valence-corrected chi connectivity index (χ1v) is 33.9. The molecule has 0 spiro atoms. The van der Waals surface area contributed by atoms with Gasteiger partial charge in [0, 0.05) is 19.3 Å². The predicted molar refractivity (Wildman–Crippen MR) is 348 cm³/mol. The molecule has 0 rings (SSSR count). The third-order valence-corrected chi connectivity index (χ3v) is 14.5. The summed E-state index contributed by atoms with van der Waals surface area (Å²) in [5, 5.41) is 0. The number of hydrogen-bond donors (Lipinski definition) is 0.